The Hall–Kier alpha value is -0.810. The molecule has 0 saturated carbocycles. The third-order valence-electron chi connectivity index (χ3n) is 2.19. The third-order valence-corrected chi connectivity index (χ3v) is 2.19. The van der Waals surface area contributed by atoms with Crippen molar-refractivity contribution in [2.45, 2.75) is 40.2 Å². The molecule has 0 aromatic rings. The minimum Gasteiger partial charge on any atom is -0.380 e. The van der Waals surface area contributed by atoms with Gasteiger partial charge < -0.3 is 19.7 Å². The Balaban J connectivity index is 4.20. The van der Waals surface area contributed by atoms with Crippen LogP contribution in [-0.4, -0.2) is 56.0 Å². The molecule has 1 N–H and O–H groups in total. The van der Waals surface area contributed by atoms with Gasteiger partial charge in [0.05, 0.1) is 13.2 Å². The van der Waals surface area contributed by atoms with Gasteiger partial charge in [-0.05, 0) is 34.6 Å². The molecular formula is C13H28N2O3. The average Bonchev–Trinajstić information content (AvgIpc) is 2.25. The summed E-state index contributed by atoms with van der Waals surface area (Å²) in [6.45, 7) is 13.4. The van der Waals surface area contributed by atoms with E-state index in [2.05, 4.69) is 5.32 Å². The van der Waals surface area contributed by atoms with Gasteiger partial charge in [-0.25, -0.2) is 4.79 Å². The van der Waals surface area contributed by atoms with E-state index in [1.54, 1.807) is 4.90 Å². The maximum absolute atomic E-state index is 12.1. The van der Waals surface area contributed by atoms with Crippen LogP contribution >= 0.6 is 0 Å². The van der Waals surface area contributed by atoms with E-state index in [0.29, 0.717) is 39.5 Å². The van der Waals surface area contributed by atoms with Crippen molar-refractivity contribution in [3.8, 4) is 0 Å². The van der Waals surface area contributed by atoms with Gasteiger partial charge in [0, 0.05) is 31.8 Å². The summed E-state index contributed by atoms with van der Waals surface area (Å²) in [6.07, 6.45) is 0. The molecule has 2 amide bonds. The van der Waals surface area contributed by atoms with Crippen molar-refractivity contribution in [2.24, 2.45) is 0 Å². The van der Waals surface area contributed by atoms with Gasteiger partial charge in [-0.2, -0.15) is 0 Å². The standard InChI is InChI=1S/C13H28N2O3/c1-6-17-10-8-15(9-11-18-7-2)12(16)14-13(3,4)5/h6-11H2,1-5H3,(H,14,16). The number of urea groups is 1. The number of carbonyl (C=O) groups is 1. The summed E-state index contributed by atoms with van der Waals surface area (Å²) >= 11 is 0. The van der Waals surface area contributed by atoms with Crippen LogP contribution in [0.15, 0.2) is 0 Å². The van der Waals surface area contributed by atoms with E-state index in [4.69, 9.17) is 9.47 Å². The molecule has 0 saturated heterocycles. The van der Waals surface area contributed by atoms with Crippen LogP contribution < -0.4 is 5.32 Å². The SMILES string of the molecule is CCOCCN(CCOCC)C(=O)NC(C)(C)C. The molecule has 0 atom stereocenters. The second kappa shape index (κ2) is 9.16. The molecular weight excluding hydrogens is 232 g/mol. The van der Waals surface area contributed by atoms with Crippen molar-refractivity contribution in [1.29, 1.82) is 0 Å². The van der Waals surface area contributed by atoms with Crippen molar-refractivity contribution >= 4 is 6.03 Å². The maximum atomic E-state index is 12.1. The predicted molar refractivity (Wildman–Crippen MR) is 72.8 cm³/mol. The molecule has 108 valence electrons. The van der Waals surface area contributed by atoms with Crippen LogP contribution in [0.3, 0.4) is 0 Å². The summed E-state index contributed by atoms with van der Waals surface area (Å²) in [5.74, 6) is 0. The lowest BCUT2D eigenvalue weighted by Crippen LogP contribution is -2.50. The molecule has 5 heteroatoms. The Labute approximate surface area is 111 Å². The van der Waals surface area contributed by atoms with Gasteiger partial charge in [0.1, 0.15) is 0 Å². The number of rotatable bonds is 8. The van der Waals surface area contributed by atoms with Crippen LogP contribution in [0.5, 0.6) is 0 Å². The van der Waals surface area contributed by atoms with Crippen LogP contribution in [0.1, 0.15) is 34.6 Å². The van der Waals surface area contributed by atoms with E-state index in [-0.39, 0.29) is 11.6 Å². The largest absolute Gasteiger partial charge is 0.380 e. The van der Waals surface area contributed by atoms with Crippen LogP contribution in [0.2, 0.25) is 0 Å². The van der Waals surface area contributed by atoms with Gasteiger partial charge in [0.25, 0.3) is 0 Å². The molecule has 0 fully saturated rings. The van der Waals surface area contributed by atoms with E-state index in [0.717, 1.165) is 0 Å². The van der Waals surface area contributed by atoms with Crippen molar-refractivity contribution in [3.63, 3.8) is 0 Å². The first kappa shape index (κ1) is 17.2. The van der Waals surface area contributed by atoms with Gasteiger partial charge in [0.2, 0.25) is 0 Å². The molecule has 18 heavy (non-hydrogen) atoms. The molecule has 0 aromatic carbocycles. The summed E-state index contributed by atoms with van der Waals surface area (Å²) in [7, 11) is 0. The van der Waals surface area contributed by atoms with Crippen LogP contribution in [0.4, 0.5) is 4.79 Å². The van der Waals surface area contributed by atoms with Gasteiger partial charge >= 0.3 is 6.03 Å². The molecule has 0 unspecified atom stereocenters. The molecule has 0 aliphatic carbocycles. The first-order valence-corrected chi connectivity index (χ1v) is 6.63. The molecule has 0 aromatic heterocycles. The lowest BCUT2D eigenvalue weighted by Gasteiger charge is -2.28. The zero-order chi connectivity index (χ0) is 14.0. The summed E-state index contributed by atoms with van der Waals surface area (Å²) in [6, 6.07) is -0.0677. The molecule has 0 bridgehead atoms. The maximum Gasteiger partial charge on any atom is 0.317 e. The highest BCUT2D eigenvalue weighted by molar-refractivity contribution is 5.74. The van der Waals surface area contributed by atoms with E-state index in [9.17, 15) is 4.79 Å². The zero-order valence-corrected chi connectivity index (χ0v) is 12.4. The lowest BCUT2D eigenvalue weighted by atomic mass is 10.1. The van der Waals surface area contributed by atoms with Crippen molar-refractivity contribution < 1.29 is 14.3 Å². The highest BCUT2D eigenvalue weighted by atomic mass is 16.5. The lowest BCUT2D eigenvalue weighted by molar-refractivity contribution is 0.0907. The number of amides is 2. The van der Waals surface area contributed by atoms with Gasteiger partial charge in [-0.1, -0.05) is 0 Å². The van der Waals surface area contributed by atoms with Gasteiger partial charge in [0.15, 0.2) is 0 Å². The van der Waals surface area contributed by atoms with E-state index >= 15 is 0 Å². The van der Waals surface area contributed by atoms with E-state index in [1.165, 1.54) is 0 Å². The number of hydrogen-bond acceptors (Lipinski definition) is 3. The Morgan fingerprint density at radius 2 is 1.50 bits per heavy atom. The topological polar surface area (TPSA) is 50.8 Å². The van der Waals surface area contributed by atoms with Gasteiger partial charge in [-0.15, -0.1) is 0 Å². The van der Waals surface area contributed by atoms with Crippen LogP contribution in [0.25, 0.3) is 0 Å². The number of ether oxygens (including phenoxy) is 2. The zero-order valence-electron chi connectivity index (χ0n) is 12.4. The normalized spacial score (nSPS) is 11.4. The molecule has 0 radical (unpaired) electrons. The molecule has 0 rings (SSSR count). The van der Waals surface area contributed by atoms with E-state index in [1.807, 2.05) is 34.6 Å². The fourth-order valence-electron chi connectivity index (χ4n) is 1.35. The van der Waals surface area contributed by atoms with Crippen molar-refractivity contribution in [1.82, 2.24) is 10.2 Å². The summed E-state index contributed by atoms with van der Waals surface area (Å²) in [5.41, 5.74) is -0.230. The second-order valence-electron chi connectivity index (χ2n) is 5.06. The number of nitrogens with one attached hydrogen (secondary N) is 1. The van der Waals surface area contributed by atoms with Gasteiger partial charge in [-0.3, -0.25) is 0 Å². The Bertz CT molecular complexity index is 217. The molecule has 0 aliphatic heterocycles. The summed E-state index contributed by atoms with van der Waals surface area (Å²) in [5, 5.41) is 2.95. The minimum atomic E-state index is -0.230. The highest BCUT2D eigenvalue weighted by Crippen LogP contribution is 2.01. The number of hydrogen-bond donors (Lipinski definition) is 1. The fourth-order valence-corrected chi connectivity index (χ4v) is 1.35. The molecule has 5 nitrogen and oxygen atoms in total. The van der Waals surface area contributed by atoms with E-state index < -0.39 is 0 Å². The van der Waals surface area contributed by atoms with Crippen LogP contribution in [-0.2, 0) is 9.47 Å². The Morgan fingerprint density at radius 3 is 1.83 bits per heavy atom. The Kier molecular flexibility index (Phi) is 8.75. The molecule has 0 aliphatic rings. The molecule has 0 heterocycles. The number of carbonyl (C=O) groups excluding carboxylic acids is 1. The highest BCUT2D eigenvalue weighted by Gasteiger charge is 2.19. The third kappa shape index (κ3) is 9.24. The second-order valence-corrected chi connectivity index (χ2v) is 5.06. The Morgan fingerprint density at radius 1 is 1.06 bits per heavy atom. The first-order valence-electron chi connectivity index (χ1n) is 6.63. The first-order chi connectivity index (χ1) is 8.40. The summed E-state index contributed by atoms with van der Waals surface area (Å²) in [4.78, 5) is 13.8. The number of nitrogens with zero attached hydrogens (tertiary/aromatic N) is 1. The van der Waals surface area contributed by atoms with Crippen molar-refractivity contribution in [2.75, 3.05) is 39.5 Å². The monoisotopic (exact) mass is 260 g/mol. The smallest absolute Gasteiger partial charge is 0.317 e. The summed E-state index contributed by atoms with van der Waals surface area (Å²) < 4.78 is 10.6. The minimum absolute atomic E-state index is 0.0677. The van der Waals surface area contributed by atoms with Crippen molar-refractivity contribution in [3.05, 3.63) is 0 Å². The fraction of sp³-hybridized carbons (Fsp3) is 0.923. The quantitative estimate of drug-likeness (QED) is 0.678. The predicted octanol–water partition coefficient (Wildman–Crippen LogP) is 1.87. The molecule has 0 spiro atoms. The van der Waals surface area contributed by atoms with Crippen LogP contribution in [0, 0.1) is 0 Å². The average molecular weight is 260 g/mol.